The van der Waals surface area contributed by atoms with E-state index in [4.69, 9.17) is 4.74 Å². The lowest BCUT2D eigenvalue weighted by Gasteiger charge is -2.59. The molecule has 160 valence electrons. The van der Waals surface area contributed by atoms with Gasteiger partial charge in [-0.25, -0.2) is 0 Å². The average Bonchev–Trinajstić information content (AvgIpc) is 2.87. The molecule has 10 atom stereocenters. The van der Waals surface area contributed by atoms with Crippen molar-refractivity contribution < 1.29 is 30.0 Å². The highest BCUT2D eigenvalue weighted by atomic mass is 16.5. The van der Waals surface area contributed by atoms with Gasteiger partial charge in [0.2, 0.25) is 0 Å². The second-order valence-electron chi connectivity index (χ2n) is 10.1. The van der Waals surface area contributed by atoms with E-state index in [1.807, 2.05) is 13.0 Å². The first-order chi connectivity index (χ1) is 13.6. The maximum absolute atomic E-state index is 11.1. The van der Waals surface area contributed by atoms with Crippen molar-refractivity contribution in [2.75, 3.05) is 0 Å². The largest absolute Gasteiger partial charge is 0.392 e. The Labute approximate surface area is 172 Å². The molecule has 6 heteroatoms. The topological polar surface area (TPSA) is 107 Å². The summed E-state index contributed by atoms with van der Waals surface area (Å²) < 4.78 is 4.71. The summed E-state index contributed by atoms with van der Waals surface area (Å²) in [7, 11) is 0. The number of hydrogen-bond acceptors (Lipinski definition) is 6. The maximum atomic E-state index is 11.1. The van der Waals surface area contributed by atoms with Crippen molar-refractivity contribution in [3.8, 4) is 12.0 Å². The fraction of sp³-hybridized carbons (Fsp3) is 0.783. The predicted octanol–water partition coefficient (Wildman–Crippen LogP) is 1.36. The van der Waals surface area contributed by atoms with Crippen LogP contribution in [0.4, 0.5) is 0 Å². The fourth-order valence-corrected chi connectivity index (χ4v) is 7.01. The summed E-state index contributed by atoms with van der Waals surface area (Å²) in [6, 6.07) is 0. The molecule has 0 spiro atoms. The Morgan fingerprint density at radius 1 is 1.17 bits per heavy atom. The standard InChI is InChI=1S/C23H32O6/c1-12(24)29-7-5-13-8-14-9-17(25)20-15(23(14,3)11-19(13)27)4-6-22(2)16(20)10-18(26)21(22)28/h9,13,15-21,25-28H,4,6,8,10-11H2,1-3H3/t13?,15-,16+,17?,18?,19?,20-,21?,22+,23+/m1/s1. The molecule has 0 aromatic carbocycles. The van der Waals surface area contributed by atoms with E-state index >= 15 is 0 Å². The van der Waals surface area contributed by atoms with Gasteiger partial charge in [-0.1, -0.05) is 31.4 Å². The van der Waals surface area contributed by atoms with E-state index < -0.39 is 30.4 Å². The Kier molecular flexibility index (Phi) is 5.10. The molecule has 4 aliphatic carbocycles. The van der Waals surface area contributed by atoms with Crippen LogP contribution in [-0.2, 0) is 9.53 Å². The van der Waals surface area contributed by atoms with Gasteiger partial charge in [-0.05, 0) is 60.7 Å². The molecule has 6 nitrogen and oxygen atoms in total. The van der Waals surface area contributed by atoms with Crippen LogP contribution in [0.3, 0.4) is 0 Å². The van der Waals surface area contributed by atoms with Crippen LogP contribution in [0.25, 0.3) is 0 Å². The second-order valence-corrected chi connectivity index (χ2v) is 10.1. The Morgan fingerprint density at radius 2 is 1.90 bits per heavy atom. The third-order valence-electron chi connectivity index (χ3n) is 8.60. The van der Waals surface area contributed by atoms with Crippen LogP contribution in [0.1, 0.15) is 52.9 Å². The van der Waals surface area contributed by atoms with Gasteiger partial charge in [0.05, 0.1) is 30.3 Å². The van der Waals surface area contributed by atoms with Crippen molar-refractivity contribution in [2.24, 2.45) is 34.5 Å². The van der Waals surface area contributed by atoms with Crippen LogP contribution in [0.15, 0.2) is 11.6 Å². The number of ether oxygens (including phenoxy) is 1. The highest BCUT2D eigenvalue weighted by Crippen LogP contribution is 2.65. The highest BCUT2D eigenvalue weighted by molar-refractivity contribution is 5.67. The Morgan fingerprint density at radius 3 is 2.59 bits per heavy atom. The van der Waals surface area contributed by atoms with Crippen molar-refractivity contribution in [1.29, 1.82) is 0 Å². The molecule has 0 heterocycles. The minimum atomic E-state index is -0.753. The molecule has 3 saturated carbocycles. The van der Waals surface area contributed by atoms with Gasteiger partial charge in [-0.15, -0.1) is 0 Å². The van der Waals surface area contributed by atoms with Gasteiger partial charge in [0, 0.05) is 6.92 Å². The summed E-state index contributed by atoms with van der Waals surface area (Å²) in [5, 5.41) is 42.8. The van der Waals surface area contributed by atoms with Gasteiger partial charge in [0.25, 0.3) is 0 Å². The highest BCUT2D eigenvalue weighted by Gasteiger charge is 2.63. The zero-order chi connectivity index (χ0) is 21.1. The van der Waals surface area contributed by atoms with Crippen LogP contribution in [0, 0.1) is 46.5 Å². The molecule has 29 heavy (non-hydrogen) atoms. The molecule has 0 amide bonds. The number of aliphatic hydroxyl groups excluding tert-OH is 4. The third kappa shape index (κ3) is 3.14. The summed E-state index contributed by atoms with van der Waals surface area (Å²) in [6.45, 7) is 5.50. The van der Waals surface area contributed by atoms with E-state index in [1.165, 1.54) is 6.92 Å². The zero-order valence-corrected chi connectivity index (χ0v) is 17.3. The molecule has 4 rings (SSSR count). The molecular weight excluding hydrogens is 372 g/mol. The smallest absolute Gasteiger partial charge is 0.316 e. The van der Waals surface area contributed by atoms with Crippen LogP contribution in [-0.4, -0.2) is 50.8 Å². The molecule has 0 aromatic rings. The number of aliphatic hydroxyl groups is 4. The maximum Gasteiger partial charge on any atom is 0.316 e. The predicted molar refractivity (Wildman–Crippen MR) is 105 cm³/mol. The Hall–Kier alpha value is -1.39. The van der Waals surface area contributed by atoms with Gasteiger partial charge in [-0.2, -0.15) is 0 Å². The van der Waals surface area contributed by atoms with Crippen LogP contribution in [0.5, 0.6) is 0 Å². The normalized spacial score (nSPS) is 50.9. The van der Waals surface area contributed by atoms with Crippen LogP contribution >= 0.6 is 0 Å². The van der Waals surface area contributed by atoms with Crippen molar-refractivity contribution in [1.82, 2.24) is 0 Å². The SMILES string of the molecule is CC(=O)OC#CC1CC2=CC(O)[C@@H]3[C@@H](CC[C@]4(C)C(O)C(O)C[C@@H]34)[C@@]2(C)CC1O. The van der Waals surface area contributed by atoms with E-state index in [-0.39, 0.29) is 34.5 Å². The Balaban J connectivity index is 1.64. The van der Waals surface area contributed by atoms with E-state index in [0.717, 1.165) is 18.4 Å². The number of fused-ring (bicyclic) bond motifs is 5. The lowest BCUT2D eigenvalue weighted by molar-refractivity contribution is -0.134. The van der Waals surface area contributed by atoms with E-state index in [1.54, 1.807) is 0 Å². The van der Waals surface area contributed by atoms with Crippen LogP contribution in [0.2, 0.25) is 0 Å². The molecular formula is C23H32O6. The lowest BCUT2D eigenvalue weighted by Crippen LogP contribution is -2.56. The fourth-order valence-electron chi connectivity index (χ4n) is 7.01. The zero-order valence-electron chi connectivity index (χ0n) is 17.3. The van der Waals surface area contributed by atoms with Gasteiger partial charge in [0.1, 0.15) is 6.11 Å². The lowest BCUT2D eigenvalue weighted by atomic mass is 9.46. The minimum absolute atomic E-state index is 0.0369. The number of hydrogen-bond donors (Lipinski definition) is 4. The molecule has 0 aliphatic heterocycles. The van der Waals surface area contributed by atoms with Gasteiger partial charge in [-0.3, -0.25) is 4.79 Å². The quantitative estimate of drug-likeness (QED) is 0.276. The monoisotopic (exact) mass is 404 g/mol. The molecule has 5 unspecified atom stereocenters. The van der Waals surface area contributed by atoms with Crippen LogP contribution < -0.4 is 0 Å². The van der Waals surface area contributed by atoms with E-state index in [2.05, 4.69) is 19.0 Å². The third-order valence-corrected chi connectivity index (χ3v) is 8.60. The molecule has 0 aromatic heterocycles. The van der Waals surface area contributed by atoms with Gasteiger partial charge in [0.15, 0.2) is 0 Å². The Bertz CT molecular complexity index is 780. The number of carbonyl (C=O) groups excluding carboxylic acids is 1. The van der Waals surface area contributed by atoms with Gasteiger partial charge < -0.3 is 25.2 Å². The number of carbonyl (C=O) groups is 1. The first-order valence-corrected chi connectivity index (χ1v) is 10.7. The number of allylic oxidation sites excluding steroid dienone is 1. The summed E-state index contributed by atoms with van der Waals surface area (Å²) >= 11 is 0. The number of rotatable bonds is 0. The molecule has 0 bridgehead atoms. The summed E-state index contributed by atoms with van der Waals surface area (Å²) in [5.41, 5.74) is 0.485. The minimum Gasteiger partial charge on any atom is -0.392 e. The first kappa shape index (κ1) is 20.9. The van der Waals surface area contributed by atoms with E-state index in [9.17, 15) is 25.2 Å². The van der Waals surface area contributed by atoms with Crippen molar-refractivity contribution in [3.63, 3.8) is 0 Å². The first-order valence-electron chi connectivity index (χ1n) is 10.7. The molecule has 4 N–H and O–H groups in total. The van der Waals surface area contributed by atoms with Crippen molar-refractivity contribution in [2.45, 2.75) is 77.3 Å². The molecule has 3 fully saturated rings. The van der Waals surface area contributed by atoms with Crippen molar-refractivity contribution >= 4 is 5.97 Å². The summed E-state index contributed by atoms with van der Waals surface area (Å²) in [6.07, 6.45) is 4.81. The molecule has 4 aliphatic rings. The second kappa shape index (κ2) is 7.09. The van der Waals surface area contributed by atoms with E-state index in [0.29, 0.717) is 19.3 Å². The van der Waals surface area contributed by atoms with Gasteiger partial charge >= 0.3 is 5.97 Å². The average molecular weight is 405 g/mol. The molecule has 0 radical (unpaired) electrons. The van der Waals surface area contributed by atoms with Crippen molar-refractivity contribution in [3.05, 3.63) is 11.6 Å². The number of esters is 1. The summed E-state index contributed by atoms with van der Waals surface area (Å²) in [4.78, 5) is 10.9. The summed E-state index contributed by atoms with van der Waals surface area (Å²) in [5.74, 6) is 2.25. The molecule has 0 saturated heterocycles.